The smallest absolute Gasteiger partial charge is 0.0964 e. The largest absolute Gasteiger partial charge is 0.397 e. The number of hydrogen-bond donors (Lipinski definition) is 2. The minimum absolute atomic E-state index is 0.250. The Morgan fingerprint density at radius 2 is 1.17 bits per heavy atom. The lowest BCUT2D eigenvalue weighted by molar-refractivity contribution is 0.318. The van der Waals surface area contributed by atoms with Crippen LogP contribution in [-0.2, 0) is 0 Å². The third kappa shape index (κ3) is 17.8. The van der Waals surface area contributed by atoms with E-state index in [9.17, 15) is 0 Å². The van der Waals surface area contributed by atoms with Crippen molar-refractivity contribution in [3.05, 3.63) is 0 Å². The van der Waals surface area contributed by atoms with E-state index >= 15 is 0 Å². The summed E-state index contributed by atoms with van der Waals surface area (Å²) in [7, 11) is 0. The van der Waals surface area contributed by atoms with Crippen molar-refractivity contribution in [2.75, 3.05) is 19.7 Å². The predicted octanol–water partition coefficient (Wildman–Crippen LogP) is 5.86. The lowest BCUT2D eigenvalue weighted by atomic mass is 10.0. The van der Waals surface area contributed by atoms with Gasteiger partial charge in [-0.15, -0.1) is 0 Å². The van der Waals surface area contributed by atoms with Crippen molar-refractivity contribution < 1.29 is 5.11 Å². The van der Waals surface area contributed by atoms with Crippen LogP contribution < -0.4 is 5.32 Å². The molecule has 1 aliphatic rings. The van der Waals surface area contributed by atoms with Gasteiger partial charge in [-0.1, -0.05) is 90.4 Å². The van der Waals surface area contributed by atoms with Crippen LogP contribution in [0.15, 0.2) is 4.99 Å². The lowest BCUT2D eigenvalue weighted by Crippen LogP contribution is -2.17. The van der Waals surface area contributed by atoms with Crippen molar-refractivity contribution in [2.24, 2.45) is 4.99 Å². The van der Waals surface area contributed by atoms with Crippen molar-refractivity contribution in [1.82, 2.24) is 5.32 Å². The standard InChI is InChI=1S/C19H38N2.C2H6O/c1-2-3-4-5-6-7-8-9-10-11-12-13-14-15-16-19-20-17-18-21-19;1-2-3/h2-18H2,1H3,(H,20,21);3H,2H2,1H3. The van der Waals surface area contributed by atoms with Crippen molar-refractivity contribution in [3.63, 3.8) is 0 Å². The first-order valence-electron chi connectivity index (χ1n) is 10.7. The van der Waals surface area contributed by atoms with E-state index in [1.165, 1.54) is 102 Å². The summed E-state index contributed by atoms with van der Waals surface area (Å²) < 4.78 is 0. The number of rotatable bonds is 15. The number of aliphatic imine (C=N–C) groups is 1. The van der Waals surface area contributed by atoms with Crippen LogP contribution in [0.1, 0.15) is 110 Å². The van der Waals surface area contributed by atoms with Crippen LogP contribution in [0.2, 0.25) is 0 Å². The van der Waals surface area contributed by atoms with Crippen molar-refractivity contribution in [2.45, 2.75) is 110 Å². The van der Waals surface area contributed by atoms with Gasteiger partial charge in [0, 0.05) is 19.6 Å². The van der Waals surface area contributed by atoms with Gasteiger partial charge in [0.15, 0.2) is 0 Å². The number of amidine groups is 1. The minimum Gasteiger partial charge on any atom is -0.397 e. The SMILES string of the molecule is CCCCCCCCCCCCCCCCC1=NCCN1.CCO. The van der Waals surface area contributed by atoms with Gasteiger partial charge in [0.05, 0.1) is 12.4 Å². The van der Waals surface area contributed by atoms with Gasteiger partial charge in [-0.2, -0.15) is 0 Å². The molecule has 2 N–H and O–H groups in total. The van der Waals surface area contributed by atoms with Crippen molar-refractivity contribution in [3.8, 4) is 0 Å². The number of hydrogen-bond acceptors (Lipinski definition) is 3. The second-order valence-electron chi connectivity index (χ2n) is 6.92. The molecule has 0 bridgehead atoms. The normalized spacial score (nSPS) is 13.2. The summed E-state index contributed by atoms with van der Waals surface area (Å²) in [6.45, 7) is 6.28. The van der Waals surface area contributed by atoms with Gasteiger partial charge >= 0.3 is 0 Å². The van der Waals surface area contributed by atoms with Gasteiger partial charge in [-0.25, -0.2) is 0 Å². The summed E-state index contributed by atoms with van der Waals surface area (Å²) in [5.74, 6) is 1.26. The van der Waals surface area contributed by atoms with Crippen LogP contribution in [-0.4, -0.2) is 30.6 Å². The second kappa shape index (κ2) is 20.5. The predicted molar refractivity (Wildman–Crippen MR) is 108 cm³/mol. The summed E-state index contributed by atoms with van der Waals surface area (Å²) in [4.78, 5) is 4.44. The first-order chi connectivity index (χ1) is 11.8. The Labute approximate surface area is 151 Å². The summed E-state index contributed by atoms with van der Waals surface area (Å²) >= 11 is 0. The van der Waals surface area contributed by atoms with E-state index in [1.54, 1.807) is 6.92 Å². The minimum atomic E-state index is 0.250. The Hall–Kier alpha value is -0.570. The molecule has 24 heavy (non-hydrogen) atoms. The number of nitrogens with one attached hydrogen (secondary N) is 1. The molecule has 1 heterocycles. The molecule has 0 aromatic carbocycles. The molecule has 0 atom stereocenters. The van der Waals surface area contributed by atoms with E-state index in [2.05, 4.69) is 17.2 Å². The molecule has 1 aliphatic heterocycles. The first-order valence-corrected chi connectivity index (χ1v) is 10.7. The van der Waals surface area contributed by atoms with Crippen LogP contribution >= 0.6 is 0 Å². The molecule has 0 aromatic rings. The van der Waals surface area contributed by atoms with Crippen molar-refractivity contribution >= 4 is 5.84 Å². The zero-order valence-electron chi connectivity index (χ0n) is 16.6. The molecule has 0 saturated heterocycles. The molecular formula is C21H44N2O. The molecule has 0 aliphatic carbocycles. The van der Waals surface area contributed by atoms with E-state index in [1.807, 2.05) is 0 Å². The number of aliphatic hydroxyl groups is 1. The fourth-order valence-corrected chi connectivity index (χ4v) is 3.10. The molecule has 0 fully saturated rings. The Balaban J connectivity index is 0.00000163. The third-order valence-electron chi connectivity index (χ3n) is 4.51. The van der Waals surface area contributed by atoms with E-state index < -0.39 is 0 Å². The highest BCUT2D eigenvalue weighted by atomic mass is 16.2. The van der Waals surface area contributed by atoms with Crippen LogP contribution in [0, 0.1) is 0 Å². The molecule has 0 amide bonds. The zero-order chi connectivity index (χ0) is 17.7. The average Bonchev–Trinajstić information content (AvgIpc) is 3.09. The van der Waals surface area contributed by atoms with Crippen molar-refractivity contribution in [1.29, 1.82) is 0 Å². The highest BCUT2D eigenvalue weighted by molar-refractivity contribution is 5.83. The topological polar surface area (TPSA) is 44.6 Å². The van der Waals surface area contributed by atoms with Gasteiger partial charge in [0.1, 0.15) is 0 Å². The Bertz CT molecular complexity index is 267. The molecule has 3 heteroatoms. The van der Waals surface area contributed by atoms with E-state index in [0.29, 0.717) is 0 Å². The fraction of sp³-hybridized carbons (Fsp3) is 0.952. The lowest BCUT2D eigenvalue weighted by Gasteiger charge is -2.04. The molecule has 0 spiro atoms. The summed E-state index contributed by atoms with van der Waals surface area (Å²) in [5.41, 5.74) is 0. The Morgan fingerprint density at radius 1 is 0.750 bits per heavy atom. The van der Waals surface area contributed by atoms with Gasteiger partial charge in [0.2, 0.25) is 0 Å². The molecular weight excluding hydrogens is 296 g/mol. The molecule has 0 saturated carbocycles. The first kappa shape index (κ1) is 23.4. The Kier molecular flexibility index (Phi) is 20.0. The molecule has 1 rings (SSSR count). The van der Waals surface area contributed by atoms with Gasteiger partial charge < -0.3 is 10.4 Å². The van der Waals surface area contributed by atoms with E-state index in [0.717, 1.165) is 13.1 Å². The monoisotopic (exact) mass is 340 g/mol. The maximum atomic E-state index is 7.57. The second-order valence-corrected chi connectivity index (χ2v) is 6.92. The molecule has 144 valence electrons. The summed E-state index contributed by atoms with van der Waals surface area (Å²) in [5, 5.41) is 10.9. The maximum absolute atomic E-state index is 7.57. The molecule has 0 aromatic heterocycles. The van der Waals surface area contributed by atoms with Gasteiger partial charge in [-0.3, -0.25) is 4.99 Å². The van der Waals surface area contributed by atoms with Crippen LogP contribution in [0.3, 0.4) is 0 Å². The third-order valence-corrected chi connectivity index (χ3v) is 4.51. The molecule has 0 radical (unpaired) electrons. The average molecular weight is 341 g/mol. The highest BCUT2D eigenvalue weighted by Crippen LogP contribution is 2.13. The van der Waals surface area contributed by atoms with Crippen LogP contribution in [0.4, 0.5) is 0 Å². The number of nitrogens with zero attached hydrogens (tertiary/aromatic N) is 1. The number of aliphatic hydroxyl groups excluding tert-OH is 1. The summed E-state index contributed by atoms with van der Waals surface area (Å²) in [6, 6.07) is 0. The summed E-state index contributed by atoms with van der Waals surface area (Å²) in [6.07, 6.45) is 21.3. The quantitative estimate of drug-likeness (QED) is 0.367. The maximum Gasteiger partial charge on any atom is 0.0964 e. The highest BCUT2D eigenvalue weighted by Gasteiger charge is 2.03. The van der Waals surface area contributed by atoms with E-state index in [-0.39, 0.29) is 6.61 Å². The van der Waals surface area contributed by atoms with Crippen LogP contribution in [0.5, 0.6) is 0 Å². The van der Waals surface area contributed by atoms with Gasteiger partial charge in [-0.05, 0) is 13.3 Å². The zero-order valence-corrected chi connectivity index (χ0v) is 16.6. The van der Waals surface area contributed by atoms with E-state index in [4.69, 9.17) is 5.11 Å². The van der Waals surface area contributed by atoms with Gasteiger partial charge in [0.25, 0.3) is 0 Å². The Morgan fingerprint density at radius 3 is 1.54 bits per heavy atom. The van der Waals surface area contributed by atoms with Crippen LogP contribution in [0.25, 0.3) is 0 Å². The number of unbranched alkanes of at least 4 members (excludes halogenated alkanes) is 13. The molecule has 3 nitrogen and oxygen atoms in total. The fourth-order valence-electron chi connectivity index (χ4n) is 3.10. The molecule has 0 unspecified atom stereocenters.